The van der Waals surface area contributed by atoms with Gasteiger partial charge in [0, 0.05) is 11.8 Å². The molecule has 2 aromatic carbocycles. The lowest BCUT2D eigenvalue weighted by atomic mass is 10.2. The van der Waals surface area contributed by atoms with Crippen molar-refractivity contribution in [3.05, 3.63) is 42.5 Å². The van der Waals surface area contributed by atoms with Crippen molar-refractivity contribution in [3.63, 3.8) is 0 Å². The van der Waals surface area contributed by atoms with Gasteiger partial charge in [-0.25, -0.2) is 0 Å². The Morgan fingerprint density at radius 2 is 1.85 bits per heavy atom. The molecule has 1 aliphatic heterocycles. The molecule has 1 heterocycles. The van der Waals surface area contributed by atoms with E-state index in [1.165, 1.54) is 0 Å². The third kappa shape index (κ3) is 4.70. The molecule has 0 amide bonds. The molecule has 0 aliphatic carbocycles. The first-order valence-corrected chi connectivity index (χ1v) is 8.79. The normalized spacial score (nSPS) is 13.5. The molecule has 1 atom stereocenters. The Labute approximate surface area is 158 Å². The molecular weight excluding hydrogens is 352 g/mol. The fourth-order valence-corrected chi connectivity index (χ4v) is 2.83. The van der Waals surface area contributed by atoms with Gasteiger partial charge in [-0.3, -0.25) is 0 Å². The van der Waals surface area contributed by atoms with Crippen molar-refractivity contribution >= 4 is 23.0 Å². The van der Waals surface area contributed by atoms with E-state index in [4.69, 9.17) is 31.2 Å². The summed E-state index contributed by atoms with van der Waals surface area (Å²) in [4.78, 5) is 0. The molecular formula is C19H22N2O4S. The van der Waals surface area contributed by atoms with Gasteiger partial charge in [-0.15, -0.1) is 0 Å². The second-order valence-electron chi connectivity index (χ2n) is 5.82. The quantitative estimate of drug-likeness (QED) is 0.753. The van der Waals surface area contributed by atoms with E-state index in [2.05, 4.69) is 10.6 Å². The largest absolute Gasteiger partial charge is 0.493 e. The molecule has 0 fully saturated rings. The first-order valence-electron chi connectivity index (χ1n) is 8.38. The number of rotatable bonds is 6. The number of ether oxygens (including phenoxy) is 4. The molecule has 0 radical (unpaired) electrons. The zero-order valence-corrected chi connectivity index (χ0v) is 15.6. The molecule has 2 N–H and O–H groups in total. The third-order valence-electron chi connectivity index (χ3n) is 3.74. The predicted molar refractivity (Wildman–Crippen MR) is 105 cm³/mol. The Bertz CT molecular complexity index is 769. The van der Waals surface area contributed by atoms with Crippen LogP contribution in [-0.4, -0.2) is 38.1 Å². The van der Waals surface area contributed by atoms with Crippen LogP contribution in [0.15, 0.2) is 42.5 Å². The van der Waals surface area contributed by atoms with Crippen molar-refractivity contribution in [2.24, 2.45) is 0 Å². The highest BCUT2D eigenvalue weighted by Crippen LogP contribution is 2.32. The first kappa shape index (κ1) is 18.1. The van der Waals surface area contributed by atoms with E-state index in [9.17, 15) is 0 Å². The fourth-order valence-electron chi connectivity index (χ4n) is 2.51. The number of benzene rings is 2. The van der Waals surface area contributed by atoms with E-state index < -0.39 is 0 Å². The van der Waals surface area contributed by atoms with E-state index in [0.29, 0.717) is 36.4 Å². The van der Waals surface area contributed by atoms with Crippen molar-refractivity contribution < 1.29 is 18.9 Å². The van der Waals surface area contributed by atoms with Gasteiger partial charge < -0.3 is 29.6 Å². The van der Waals surface area contributed by atoms with Crippen molar-refractivity contribution in [2.45, 2.75) is 13.0 Å². The molecule has 0 aromatic heterocycles. The smallest absolute Gasteiger partial charge is 0.171 e. The van der Waals surface area contributed by atoms with Crippen LogP contribution < -0.4 is 29.6 Å². The first-order chi connectivity index (χ1) is 12.7. The van der Waals surface area contributed by atoms with Crippen molar-refractivity contribution in [1.29, 1.82) is 0 Å². The maximum Gasteiger partial charge on any atom is 0.171 e. The number of para-hydroxylation sites is 2. The SMILES string of the molecule is COc1ccccc1OC[C@@H](C)NC(=S)Nc1ccc2c(c1)OCCO2. The molecule has 6 nitrogen and oxygen atoms in total. The van der Waals surface area contributed by atoms with Gasteiger partial charge in [-0.1, -0.05) is 12.1 Å². The number of nitrogens with one attached hydrogen (secondary N) is 2. The number of fused-ring (bicyclic) bond motifs is 1. The minimum Gasteiger partial charge on any atom is -0.493 e. The molecule has 0 saturated carbocycles. The van der Waals surface area contributed by atoms with Crippen LogP contribution in [0.25, 0.3) is 0 Å². The molecule has 0 spiro atoms. The number of hydrogen-bond acceptors (Lipinski definition) is 5. The van der Waals surface area contributed by atoms with E-state index >= 15 is 0 Å². The Morgan fingerprint density at radius 3 is 2.62 bits per heavy atom. The molecule has 7 heteroatoms. The Hall–Kier alpha value is -2.67. The number of hydrogen-bond donors (Lipinski definition) is 2. The van der Waals surface area contributed by atoms with Gasteiger partial charge in [0.15, 0.2) is 28.1 Å². The number of anilines is 1. The molecule has 3 rings (SSSR count). The number of methoxy groups -OCH3 is 1. The molecule has 1 aliphatic rings. The van der Waals surface area contributed by atoms with Crippen LogP contribution >= 0.6 is 12.2 Å². The van der Waals surface area contributed by atoms with Crippen LogP contribution in [0, 0.1) is 0 Å². The summed E-state index contributed by atoms with van der Waals surface area (Å²) >= 11 is 5.37. The highest BCUT2D eigenvalue weighted by atomic mass is 32.1. The summed E-state index contributed by atoms with van der Waals surface area (Å²) < 4.78 is 22.2. The molecule has 2 aromatic rings. The standard InChI is InChI=1S/C19H22N2O4S/c1-13(12-25-16-6-4-3-5-15(16)22-2)20-19(26)21-14-7-8-17-18(11-14)24-10-9-23-17/h3-8,11,13H,9-10,12H2,1-2H3,(H2,20,21,26)/t13-/m1/s1. The second kappa shape index (κ2) is 8.62. The van der Waals surface area contributed by atoms with Crippen LogP contribution in [0.5, 0.6) is 23.0 Å². The van der Waals surface area contributed by atoms with Gasteiger partial charge in [-0.05, 0) is 43.4 Å². The topological polar surface area (TPSA) is 61.0 Å². The highest BCUT2D eigenvalue weighted by Gasteiger charge is 2.13. The van der Waals surface area contributed by atoms with Gasteiger partial charge in [0.1, 0.15) is 19.8 Å². The van der Waals surface area contributed by atoms with E-state index in [0.717, 1.165) is 17.2 Å². The summed E-state index contributed by atoms with van der Waals surface area (Å²) in [7, 11) is 1.62. The average molecular weight is 374 g/mol. The molecule has 0 bridgehead atoms. The van der Waals surface area contributed by atoms with Crippen LogP contribution in [0.1, 0.15) is 6.92 Å². The van der Waals surface area contributed by atoms with Crippen molar-refractivity contribution in [2.75, 3.05) is 32.2 Å². The second-order valence-corrected chi connectivity index (χ2v) is 6.23. The van der Waals surface area contributed by atoms with Gasteiger partial charge in [0.05, 0.1) is 13.2 Å². The lowest BCUT2D eigenvalue weighted by Gasteiger charge is -2.21. The lowest BCUT2D eigenvalue weighted by Crippen LogP contribution is -2.39. The van der Waals surface area contributed by atoms with Gasteiger partial charge in [0.2, 0.25) is 0 Å². The predicted octanol–water partition coefficient (Wildman–Crippen LogP) is 3.22. The van der Waals surface area contributed by atoms with Crippen LogP contribution in [0.2, 0.25) is 0 Å². The summed E-state index contributed by atoms with van der Waals surface area (Å²) in [5, 5.41) is 6.86. The Morgan fingerprint density at radius 1 is 1.12 bits per heavy atom. The zero-order chi connectivity index (χ0) is 18.4. The van der Waals surface area contributed by atoms with Gasteiger partial charge >= 0.3 is 0 Å². The van der Waals surface area contributed by atoms with Gasteiger partial charge in [-0.2, -0.15) is 0 Å². The van der Waals surface area contributed by atoms with E-state index in [1.54, 1.807) is 7.11 Å². The fraction of sp³-hybridized carbons (Fsp3) is 0.316. The monoisotopic (exact) mass is 374 g/mol. The summed E-state index contributed by atoms with van der Waals surface area (Å²) in [5.41, 5.74) is 0.838. The van der Waals surface area contributed by atoms with E-state index in [1.807, 2.05) is 49.4 Å². The van der Waals surface area contributed by atoms with E-state index in [-0.39, 0.29) is 6.04 Å². The minimum atomic E-state index is 0.0112. The van der Waals surface area contributed by atoms with Crippen molar-refractivity contribution in [3.8, 4) is 23.0 Å². The van der Waals surface area contributed by atoms with Crippen LogP contribution in [0.4, 0.5) is 5.69 Å². The van der Waals surface area contributed by atoms with Crippen LogP contribution in [-0.2, 0) is 0 Å². The third-order valence-corrected chi connectivity index (χ3v) is 3.96. The maximum atomic E-state index is 5.80. The summed E-state index contributed by atoms with van der Waals surface area (Å²) in [6, 6.07) is 13.2. The minimum absolute atomic E-state index is 0.0112. The maximum absolute atomic E-state index is 5.80. The Balaban J connectivity index is 1.50. The summed E-state index contributed by atoms with van der Waals surface area (Å²) in [6.07, 6.45) is 0. The Kier molecular flexibility index (Phi) is 6.01. The van der Waals surface area contributed by atoms with Gasteiger partial charge in [0.25, 0.3) is 0 Å². The molecule has 26 heavy (non-hydrogen) atoms. The highest BCUT2D eigenvalue weighted by molar-refractivity contribution is 7.80. The van der Waals surface area contributed by atoms with Crippen LogP contribution in [0.3, 0.4) is 0 Å². The lowest BCUT2D eigenvalue weighted by molar-refractivity contribution is 0.171. The summed E-state index contributed by atoms with van der Waals surface area (Å²) in [5.74, 6) is 2.88. The molecule has 138 valence electrons. The average Bonchev–Trinajstić information content (AvgIpc) is 2.66. The molecule has 0 unspecified atom stereocenters. The van der Waals surface area contributed by atoms with Crippen molar-refractivity contribution in [1.82, 2.24) is 5.32 Å². The summed E-state index contributed by atoms with van der Waals surface area (Å²) in [6.45, 7) is 3.57. The molecule has 0 saturated heterocycles. The zero-order valence-electron chi connectivity index (χ0n) is 14.8. The number of thiocarbonyl (C=S) groups is 1.